The van der Waals surface area contributed by atoms with Gasteiger partial charge in [0.05, 0.1) is 0 Å². The lowest BCUT2D eigenvalue weighted by Gasteiger charge is -2.18. The van der Waals surface area contributed by atoms with Crippen molar-refractivity contribution in [3.63, 3.8) is 0 Å². The van der Waals surface area contributed by atoms with Crippen LogP contribution in [0.1, 0.15) is 131 Å². The molecule has 1 fully saturated rings. The van der Waals surface area contributed by atoms with Crippen LogP contribution in [0.2, 0.25) is 0 Å². The predicted octanol–water partition coefficient (Wildman–Crippen LogP) is 9.75. The standard InChI is InChI=1S/C31H53NO2/c1-25(2)15-11-16-26(3)17-12-18-27(4)19-13-20-28(5)21-14-22-29(6)34-31(33)32-30-23-9-7-8-10-24-30/h15,17,19,21,29-30H,7-14,16,18,20,22-24H2,1-6H3,(H,32,33)/b26-17+,27-19+,28-21+. The van der Waals surface area contributed by atoms with E-state index in [0.717, 1.165) is 57.8 Å². The first-order valence-corrected chi connectivity index (χ1v) is 13.8. The average molecular weight is 472 g/mol. The number of hydrogen-bond donors (Lipinski definition) is 1. The summed E-state index contributed by atoms with van der Waals surface area (Å²) in [5.74, 6) is 0. The molecular weight excluding hydrogens is 418 g/mol. The summed E-state index contributed by atoms with van der Waals surface area (Å²) >= 11 is 0. The van der Waals surface area contributed by atoms with Gasteiger partial charge in [-0.25, -0.2) is 4.79 Å². The van der Waals surface area contributed by atoms with Gasteiger partial charge in [0.25, 0.3) is 0 Å². The first-order chi connectivity index (χ1) is 16.3. The number of hydrogen-bond acceptors (Lipinski definition) is 2. The second-order valence-corrected chi connectivity index (χ2v) is 10.7. The van der Waals surface area contributed by atoms with Crippen molar-refractivity contribution in [2.75, 3.05) is 0 Å². The fourth-order valence-electron chi connectivity index (χ4n) is 4.42. The van der Waals surface area contributed by atoms with Gasteiger partial charge in [-0.15, -0.1) is 0 Å². The predicted molar refractivity (Wildman–Crippen MR) is 148 cm³/mol. The monoisotopic (exact) mass is 471 g/mol. The highest BCUT2D eigenvalue weighted by Gasteiger charge is 2.16. The Kier molecular flexibility index (Phi) is 16.5. The molecule has 34 heavy (non-hydrogen) atoms. The maximum atomic E-state index is 12.2. The summed E-state index contributed by atoms with van der Waals surface area (Å²) in [6.45, 7) is 13.1. The Labute approximate surface area is 211 Å². The number of rotatable bonds is 14. The normalized spacial score (nSPS) is 17.2. The molecule has 0 heterocycles. The van der Waals surface area contributed by atoms with E-state index in [9.17, 15) is 4.79 Å². The second kappa shape index (κ2) is 18.5. The van der Waals surface area contributed by atoms with Crippen molar-refractivity contribution in [1.82, 2.24) is 5.32 Å². The molecule has 0 aromatic heterocycles. The molecule has 1 amide bonds. The van der Waals surface area contributed by atoms with Gasteiger partial charge < -0.3 is 10.1 Å². The second-order valence-electron chi connectivity index (χ2n) is 10.7. The summed E-state index contributed by atoms with van der Waals surface area (Å²) in [6, 6.07) is 0.299. The zero-order chi connectivity index (χ0) is 25.2. The van der Waals surface area contributed by atoms with Crippen LogP contribution < -0.4 is 5.32 Å². The van der Waals surface area contributed by atoms with E-state index in [1.807, 2.05) is 6.92 Å². The number of nitrogens with one attached hydrogen (secondary N) is 1. The van der Waals surface area contributed by atoms with Gasteiger partial charge >= 0.3 is 6.09 Å². The van der Waals surface area contributed by atoms with Gasteiger partial charge in [-0.2, -0.15) is 0 Å². The van der Waals surface area contributed by atoms with Crippen LogP contribution >= 0.6 is 0 Å². The van der Waals surface area contributed by atoms with E-state index in [1.165, 1.54) is 54.4 Å². The summed E-state index contributed by atoms with van der Waals surface area (Å²) in [5.41, 5.74) is 5.83. The average Bonchev–Trinajstić information content (AvgIpc) is 3.02. The smallest absolute Gasteiger partial charge is 0.407 e. The molecule has 194 valence electrons. The van der Waals surface area contributed by atoms with Crippen molar-refractivity contribution in [3.8, 4) is 0 Å². The van der Waals surface area contributed by atoms with Gasteiger partial charge in [-0.3, -0.25) is 0 Å². The minimum Gasteiger partial charge on any atom is -0.447 e. The maximum absolute atomic E-state index is 12.2. The highest BCUT2D eigenvalue weighted by atomic mass is 16.6. The van der Waals surface area contributed by atoms with Crippen molar-refractivity contribution in [1.29, 1.82) is 0 Å². The van der Waals surface area contributed by atoms with E-state index in [1.54, 1.807) is 0 Å². The molecule has 1 aliphatic carbocycles. The molecule has 3 nitrogen and oxygen atoms in total. The topological polar surface area (TPSA) is 38.3 Å². The van der Waals surface area contributed by atoms with Crippen LogP contribution in [-0.2, 0) is 4.74 Å². The minimum absolute atomic E-state index is 0.0458. The molecule has 0 aromatic carbocycles. The molecule has 1 N–H and O–H groups in total. The van der Waals surface area contributed by atoms with Crippen LogP contribution in [0.4, 0.5) is 4.79 Å². The van der Waals surface area contributed by atoms with Gasteiger partial charge in [-0.1, -0.05) is 72.3 Å². The summed E-state index contributed by atoms with van der Waals surface area (Å²) < 4.78 is 5.58. The number of amides is 1. The number of carbonyl (C=O) groups excluding carboxylic acids is 1. The van der Waals surface area contributed by atoms with Crippen LogP contribution in [0.25, 0.3) is 0 Å². The first-order valence-electron chi connectivity index (χ1n) is 13.8. The fraction of sp³-hybridized carbons (Fsp3) is 0.710. The highest BCUT2D eigenvalue weighted by Crippen LogP contribution is 2.18. The van der Waals surface area contributed by atoms with Gasteiger partial charge in [0.15, 0.2) is 0 Å². The Morgan fingerprint density at radius 1 is 0.765 bits per heavy atom. The molecule has 0 radical (unpaired) electrons. The van der Waals surface area contributed by atoms with Crippen molar-refractivity contribution >= 4 is 6.09 Å². The molecule has 1 atom stereocenters. The van der Waals surface area contributed by atoms with Crippen LogP contribution in [-0.4, -0.2) is 18.2 Å². The van der Waals surface area contributed by atoms with Gasteiger partial charge in [0, 0.05) is 6.04 Å². The zero-order valence-electron chi connectivity index (χ0n) is 23.2. The first kappa shape index (κ1) is 30.3. The lowest BCUT2D eigenvalue weighted by Crippen LogP contribution is -2.36. The number of carbonyl (C=O) groups is 1. The van der Waals surface area contributed by atoms with Crippen molar-refractivity contribution < 1.29 is 9.53 Å². The summed E-state index contributed by atoms with van der Waals surface area (Å²) in [4.78, 5) is 12.2. The largest absolute Gasteiger partial charge is 0.447 e. The summed E-state index contributed by atoms with van der Waals surface area (Å²) in [6.07, 6.45) is 25.0. The van der Waals surface area contributed by atoms with E-state index in [2.05, 4.69) is 64.2 Å². The third kappa shape index (κ3) is 16.8. The van der Waals surface area contributed by atoms with E-state index in [-0.39, 0.29) is 12.2 Å². The van der Waals surface area contributed by atoms with E-state index in [4.69, 9.17) is 4.74 Å². The van der Waals surface area contributed by atoms with Crippen LogP contribution in [0.5, 0.6) is 0 Å². The highest BCUT2D eigenvalue weighted by molar-refractivity contribution is 5.67. The summed E-state index contributed by atoms with van der Waals surface area (Å²) in [7, 11) is 0. The van der Waals surface area contributed by atoms with Gasteiger partial charge in [0.2, 0.25) is 0 Å². The van der Waals surface area contributed by atoms with E-state index >= 15 is 0 Å². The fourth-order valence-corrected chi connectivity index (χ4v) is 4.42. The molecule has 1 saturated carbocycles. The molecule has 0 saturated heterocycles. The molecule has 1 aliphatic rings. The number of alkyl carbamates (subject to hydrolysis) is 1. The molecular formula is C31H53NO2. The zero-order valence-corrected chi connectivity index (χ0v) is 23.2. The number of allylic oxidation sites excluding steroid dienone is 8. The Balaban J connectivity index is 2.19. The molecule has 1 rings (SSSR count). The van der Waals surface area contributed by atoms with Gasteiger partial charge in [0.1, 0.15) is 6.10 Å². The maximum Gasteiger partial charge on any atom is 0.407 e. The quantitative estimate of drug-likeness (QED) is 0.202. The van der Waals surface area contributed by atoms with Crippen LogP contribution in [0.3, 0.4) is 0 Å². The molecule has 0 aliphatic heterocycles. The molecule has 0 bridgehead atoms. The SMILES string of the molecule is CC(C)=CCC/C(C)=C/CC/C(C)=C/CC/C(C)=C/CCC(C)OC(=O)NC1CCCCCC1. The van der Waals surface area contributed by atoms with Crippen LogP contribution in [0.15, 0.2) is 46.6 Å². The van der Waals surface area contributed by atoms with Crippen LogP contribution in [0, 0.1) is 0 Å². The van der Waals surface area contributed by atoms with E-state index < -0.39 is 0 Å². The summed E-state index contributed by atoms with van der Waals surface area (Å²) in [5, 5.41) is 3.07. The Morgan fingerprint density at radius 3 is 1.74 bits per heavy atom. The van der Waals surface area contributed by atoms with Crippen molar-refractivity contribution in [3.05, 3.63) is 46.6 Å². The minimum atomic E-state index is -0.237. The lowest BCUT2D eigenvalue weighted by atomic mass is 10.0. The molecule has 3 heteroatoms. The lowest BCUT2D eigenvalue weighted by molar-refractivity contribution is 0.0988. The van der Waals surface area contributed by atoms with Crippen molar-refractivity contribution in [2.45, 2.75) is 144 Å². The third-order valence-electron chi connectivity index (χ3n) is 6.71. The Morgan fingerprint density at radius 2 is 1.24 bits per heavy atom. The van der Waals surface area contributed by atoms with Gasteiger partial charge in [-0.05, 0) is 106 Å². The molecule has 0 aromatic rings. The van der Waals surface area contributed by atoms with Crippen molar-refractivity contribution in [2.24, 2.45) is 0 Å². The molecule has 0 spiro atoms. The molecule has 1 unspecified atom stereocenters. The number of ether oxygens (including phenoxy) is 1. The van der Waals surface area contributed by atoms with E-state index in [0.29, 0.717) is 6.04 Å². The Bertz CT molecular complexity index is 686. The Hall–Kier alpha value is -1.77. The third-order valence-corrected chi connectivity index (χ3v) is 6.71.